The van der Waals surface area contributed by atoms with Crippen LogP contribution < -0.4 is 61.7 Å². The standard InChI is InChI=1S/C14H11BClF3NO.K/c1-20(11-5-3-2-4-6-11)14(21)10-7-8-12(13(16)9-10)15(17,18)19;/h2-9H,1H3;/q-1;+1. The van der Waals surface area contributed by atoms with Crippen molar-refractivity contribution in [3.8, 4) is 0 Å². The molecule has 2 rings (SSSR count). The summed E-state index contributed by atoms with van der Waals surface area (Å²) in [5, 5.41) is -0.463. The van der Waals surface area contributed by atoms with Crippen LogP contribution in [0.3, 0.4) is 0 Å². The van der Waals surface area contributed by atoms with E-state index in [4.69, 9.17) is 11.6 Å². The molecule has 0 spiro atoms. The molecular formula is C14H11BClF3KNO. The molecule has 0 aliphatic heterocycles. The first-order valence-electron chi connectivity index (χ1n) is 6.13. The van der Waals surface area contributed by atoms with E-state index in [9.17, 15) is 17.7 Å². The Bertz CT molecular complexity index is 667. The van der Waals surface area contributed by atoms with Gasteiger partial charge in [0.2, 0.25) is 0 Å². The molecule has 0 radical (unpaired) electrons. The average Bonchev–Trinajstić information content (AvgIpc) is 2.45. The van der Waals surface area contributed by atoms with Crippen molar-refractivity contribution in [3.05, 3.63) is 59.1 Å². The van der Waals surface area contributed by atoms with Gasteiger partial charge >= 0.3 is 58.4 Å². The van der Waals surface area contributed by atoms with Crippen molar-refractivity contribution in [3.63, 3.8) is 0 Å². The van der Waals surface area contributed by atoms with E-state index in [0.717, 1.165) is 18.2 Å². The van der Waals surface area contributed by atoms with Crippen LogP contribution >= 0.6 is 11.6 Å². The Morgan fingerprint density at radius 3 is 2.18 bits per heavy atom. The normalized spacial score (nSPS) is 10.8. The van der Waals surface area contributed by atoms with Gasteiger partial charge in [0.05, 0.1) is 0 Å². The molecule has 110 valence electrons. The smallest absolute Gasteiger partial charge is 0.445 e. The Kier molecular flexibility index (Phi) is 7.17. The van der Waals surface area contributed by atoms with Gasteiger partial charge in [0.25, 0.3) is 5.91 Å². The summed E-state index contributed by atoms with van der Waals surface area (Å²) in [5.41, 5.74) is -0.145. The molecule has 0 bridgehead atoms. The molecule has 0 atom stereocenters. The molecule has 0 N–H and O–H groups in total. The van der Waals surface area contributed by atoms with E-state index in [0.29, 0.717) is 5.69 Å². The molecule has 0 unspecified atom stereocenters. The van der Waals surface area contributed by atoms with Crippen LogP contribution in [0, 0.1) is 0 Å². The number of hydrogen-bond acceptors (Lipinski definition) is 1. The van der Waals surface area contributed by atoms with Crippen molar-refractivity contribution < 1.29 is 69.1 Å². The number of hydrogen-bond donors (Lipinski definition) is 0. The maximum absolute atomic E-state index is 12.7. The predicted octanol–water partition coefficient (Wildman–Crippen LogP) is 0.675. The minimum atomic E-state index is -5.19. The van der Waals surface area contributed by atoms with Crippen molar-refractivity contribution in [1.82, 2.24) is 0 Å². The summed E-state index contributed by atoms with van der Waals surface area (Å²) < 4.78 is 38.1. The monoisotopic (exact) mass is 351 g/mol. The number of nitrogens with zero attached hydrogens (tertiary/aromatic N) is 1. The zero-order chi connectivity index (χ0) is 15.6. The van der Waals surface area contributed by atoms with Crippen LogP contribution in [0.2, 0.25) is 5.02 Å². The number of amides is 1. The molecule has 22 heavy (non-hydrogen) atoms. The molecule has 8 heteroatoms. The summed E-state index contributed by atoms with van der Waals surface area (Å²) in [6.45, 7) is -5.19. The van der Waals surface area contributed by atoms with Gasteiger partial charge in [0.15, 0.2) is 0 Å². The quantitative estimate of drug-likeness (QED) is 0.745. The van der Waals surface area contributed by atoms with Crippen molar-refractivity contribution >= 4 is 35.6 Å². The first kappa shape index (κ1) is 19.7. The third kappa shape index (κ3) is 4.60. The van der Waals surface area contributed by atoms with E-state index in [-0.39, 0.29) is 56.9 Å². The second-order valence-electron chi connectivity index (χ2n) is 4.51. The second-order valence-corrected chi connectivity index (χ2v) is 4.92. The number of anilines is 1. The molecule has 0 fully saturated rings. The topological polar surface area (TPSA) is 20.3 Å². The second kappa shape index (κ2) is 7.99. The first-order valence-corrected chi connectivity index (χ1v) is 6.51. The molecule has 2 aromatic carbocycles. The molecule has 0 heterocycles. The van der Waals surface area contributed by atoms with Gasteiger partial charge in [-0.25, -0.2) is 0 Å². The predicted molar refractivity (Wildman–Crippen MR) is 79.3 cm³/mol. The fourth-order valence-electron chi connectivity index (χ4n) is 1.89. The van der Waals surface area contributed by atoms with Crippen LogP contribution in [-0.4, -0.2) is 19.9 Å². The maximum atomic E-state index is 12.7. The fourth-order valence-corrected chi connectivity index (χ4v) is 2.19. The molecule has 0 aromatic heterocycles. The van der Waals surface area contributed by atoms with E-state index in [1.807, 2.05) is 0 Å². The van der Waals surface area contributed by atoms with E-state index in [2.05, 4.69) is 0 Å². The van der Waals surface area contributed by atoms with E-state index >= 15 is 0 Å². The van der Waals surface area contributed by atoms with Crippen LogP contribution in [0.15, 0.2) is 48.5 Å². The number of carbonyl (C=O) groups is 1. The number of carbonyl (C=O) groups excluding carboxylic acids is 1. The first-order chi connectivity index (χ1) is 9.80. The Balaban J connectivity index is 0.00000242. The van der Waals surface area contributed by atoms with Crippen molar-refractivity contribution in [2.75, 3.05) is 11.9 Å². The summed E-state index contributed by atoms with van der Waals surface area (Å²) in [7, 11) is 1.55. The third-order valence-electron chi connectivity index (χ3n) is 3.05. The Hall–Kier alpha value is -0.309. The van der Waals surface area contributed by atoms with Crippen LogP contribution in [-0.2, 0) is 0 Å². The van der Waals surface area contributed by atoms with Crippen molar-refractivity contribution in [2.45, 2.75) is 0 Å². The largest absolute Gasteiger partial charge is 1.00 e. The third-order valence-corrected chi connectivity index (χ3v) is 3.38. The van der Waals surface area contributed by atoms with Gasteiger partial charge in [-0.1, -0.05) is 47.4 Å². The van der Waals surface area contributed by atoms with Crippen LogP contribution in [0.25, 0.3) is 0 Å². The van der Waals surface area contributed by atoms with Gasteiger partial charge in [0.1, 0.15) is 0 Å². The molecule has 2 aromatic rings. The number of halogens is 4. The zero-order valence-corrected chi connectivity index (χ0v) is 15.9. The molecule has 1 amide bonds. The molecule has 0 aliphatic rings. The minimum absolute atomic E-state index is 0. The molecule has 2 nitrogen and oxygen atoms in total. The Morgan fingerprint density at radius 1 is 1.09 bits per heavy atom. The zero-order valence-electron chi connectivity index (χ0n) is 12.1. The number of benzene rings is 2. The van der Waals surface area contributed by atoms with Gasteiger partial charge < -0.3 is 17.8 Å². The van der Waals surface area contributed by atoms with E-state index in [1.165, 1.54) is 4.90 Å². The number of para-hydroxylation sites is 1. The fraction of sp³-hybridized carbons (Fsp3) is 0.0714. The van der Waals surface area contributed by atoms with E-state index in [1.54, 1.807) is 37.4 Å². The summed E-state index contributed by atoms with van der Waals surface area (Å²) in [6, 6.07) is 11.8. The van der Waals surface area contributed by atoms with Crippen LogP contribution in [0.1, 0.15) is 10.4 Å². The number of rotatable bonds is 3. The van der Waals surface area contributed by atoms with Crippen LogP contribution in [0.5, 0.6) is 0 Å². The van der Waals surface area contributed by atoms with Gasteiger partial charge in [-0.2, -0.15) is 0 Å². The van der Waals surface area contributed by atoms with Crippen molar-refractivity contribution in [2.24, 2.45) is 0 Å². The molecule has 0 saturated heterocycles. The van der Waals surface area contributed by atoms with E-state index < -0.39 is 23.4 Å². The van der Waals surface area contributed by atoms with Crippen LogP contribution in [0.4, 0.5) is 18.6 Å². The minimum Gasteiger partial charge on any atom is -0.445 e. The SMILES string of the molecule is CN(C(=O)c1ccc([B-](F)(F)F)c(Cl)c1)c1ccccc1.[K+]. The Labute approximate surface area is 174 Å². The van der Waals surface area contributed by atoms with Gasteiger partial charge in [0, 0.05) is 23.3 Å². The van der Waals surface area contributed by atoms with Gasteiger partial charge in [-0.05, 0) is 18.2 Å². The Morgan fingerprint density at radius 2 is 1.68 bits per heavy atom. The maximum Gasteiger partial charge on any atom is 1.00 e. The van der Waals surface area contributed by atoms with Crippen molar-refractivity contribution in [1.29, 1.82) is 0 Å². The summed E-state index contributed by atoms with van der Waals surface area (Å²) >= 11 is 5.63. The summed E-state index contributed by atoms with van der Waals surface area (Å²) in [6.07, 6.45) is 0. The summed E-state index contributed by atoms with van der Waals surface area (Å²) in [4.78, 5) is 13.6. The van der Waals surface area contributed by atoms with Gasteiger partial charge in [-0.3, -0.25) is 4.79 Å². The van der Waals surface area contributed by atoms with Gasteiger partial charge in [-0.15, -0.1) is 0 Å². The average molecular weight is 352 g/mol. The summed E-state index contributed by atoms with van der Waals surface area (Å²) in [5.74, 6) is -0.427. The molecular weight excluding hydrogens is 341 g/mol. The molecule has 0 saturated carbocycles. The molecule has 0 aliphatic carbocycles.